The van der Waals surface area contributed by atoms with Crippen LogP contribution in [0.2, 0.25) is 0 Å². The standard InChI is InChI=1S/C15H20N2O3/c1-17-11-12(10-15(17)19)16-14(18)8-5-9-20-13-6-3-2-4-7-13/h2-4,6-7,12H,5,8-11H2,1H3,(H,16,18). The molecule has 0 saturated carbocycles. The number of ether oxygens (including phenoxy) is 1. The van der Waals surface area contributed by atoms with Crippen LogP contribution in [0.1, 0.15) is 19.3 Å². The molecule has 5 heteroatoms. The molecule has 0 radical (unpaired) electrons. The molecule has 0 bridgehead atoms. The van der Waals surface area contributed by atoms with Gasteiger partial charge in [0.15, 0.2) is 0 Å². The number of nitrogens with one attached hydrogen (secondary N) is 1. The van der Waals surface area contributed by atoms with Crippen LogP contribution in [-0.4, -0.2) is 43.0 Å². The normalized spacial score (nSPS) is 18.1. The van der Waals surface area contributed by atoms with Gasteiger partial charge in [-0.1, -0.05) is 18.2 Å². The quantitative estimate of drug-likeness (QED) is 0.794. The molecule has 1 fully saturated rings. The maximum atomic E-state index is 11.7. The van der Waals surface area contributed by atoms with Crippen LogP contribution in [0.5, 0.6) is 5.75 Å². The number of likely N-dealkylation sites (N-methyl/N-ethyl adjacent to an activating group) is 1. The average Bonchev–Trinajstić information content (AvgIpc) is 2.74. The van der Waals surface area contributed by atoms with E-state index in [1.165, 1.54) is 0 Å². The van der Waals surface area contributed by atoms with Crippen LogP contribution in [0.25, 0.3) is 0 Å². The third-order valence-electron chi connectivity index (χ3n) is 3.27. The molecule has 2 rings (SSSR count). The Morgan fingerprint density at radius 1 is 1.40 bits per heavy atom. The van der Waals surface area contributed by atoms with Gasteiger partial charge in [-0.05, 0) is 18.6 Å². The summed E-state index contributed by atoms with van der Waals surface area (Å²) in [7, 11) is 1.75. The van der Waals surface area contributed by atoms with Gasteiger partial charge in [0, 0.05) is 26.4 Å². The number of nitrogens with zero attached hydrogens (tertiary/aromatic N) is 1. The number of rotatable bonds is 6. The lowest BCUT2D eigenvalue weighted by atomic mass is 10.2. The highest BCUT2D eigenvalue weighted by Gasteiger charge is 2.27. The maximum Gasteiger partial charge on any atom is 0.224 e. The number of benzene rings is 1. The number of hydrogen-bond donors (Lipinski definition) is 1. The first-order valence-electron chi connectivity index (χ1n) is 6.86. The summed E-state index contributed by atoms with van der Waals surface area (Å²) in [6.45, 7) is 1.12. The molecule has 1 aliphatic rings. The smallest absolute Gasteiger partial charge is 0.224 e. The molecule has 1 unspecified atom stereocenters. The Kier molecular flexibility index (Phi) is 4.98. The van der Waals surface area contributed by atoms with E-state index in [0.717, 1.165) is 5.75 Å². The van der Waals surface area contributed by atoms with Gasteiger partial charge in [-0.3, -0.25) is 9.59 Å². The summed E-state index contributed by atoms with van der Waals surface area (Å²) in [6.07, 6.45) is 1.49. The van der Waals surface area contributed by atoms with Crippen molar-refractivity contribution in [3.05, 3.63) is 30.3 Å². The first-order valence-corrected chi connectivity index (χ1v) is 6.86. The second-order valence-corrected chi connectivity index (χ2v) is 5.01. The second-order valence-electron chi connectivity index (χ2n) is 5.01. The predicted octanol–water partition coefficient (Wildman–Crippen LogP) is 1.19. The fraction of sp³-hybridized carbons (Fsp3) is 0.467. The first kappa shape index (κ1) is 14.4. The van der Waals surface area contributed by atoms with E-state index < -0.39 is 0 Å². The maximum absolute atomic E-state index is 11.7. The van der Waals surface area contributed by atoms with E-state index in [-0.39, 0.29) is 17.9 Å². The van der Waals surface area contributed by atoms with E-state index in [0.29, 0.717) is 32.4 Å². The van der Waals surface area contributed by atoms with Crippen molar-refractivity contribution in [3.8, 4) is 5.75 Å². The van der Waals surface area contributed by atoms with Gasteiger partial charge in [0.2, 0.25) is 11.8 Å². The lowest BCUT2D eigenvalue weighted by molar-refractivity contribution is -0.126. The van der Waals surface area contributed by atoms with Crippen LogP contribution in [0, 0.1) is 0 Å². The van der Waals surface area contributed by atoms with Gasteiger partial charge in [-0.15, -0.1) is 0 Å². The summed E-state index contributed by atoms with van der Waals surface area (Å²) in [4.78, 5) is 24.7. The van der Waals surface area contributed by atoms with Crippen molar-refractivity contribution >= 4 is 11.8 Å². The SMILES string of the molecule is CN1CC(NC(=O)CCCOc2ccccc2)CC1=O. The molecule has 0 spiro atoms. The second kappa shape index (κ2) is 6.93. The van der Waals surface area contributed by atoms with Crippen LogP contribution in [0.15, 0.2) is 30.3 Å². The topological polar surface area (TPSA) is 58.6 Å². The molecule has 0 aromatic heterocycles. The minimum absolute atomic E-state index is 0.0187. The van der Waals surface area contributed by atoms with Crippen molar-refractivity contribution in [1.29, 1.82) is 0 Å². The Hall–Kier alpha value is -2.04. The molecular weight excluding hydrogens is 256 g/mol. The van der Waals surface area contributed by atoms with Gasteiger partial charge < -0.3 is 15.0 Å². The lowest BCUT2D eigenvalue weighted by Crippen LogP contribution is -2.36. The minimum Gasteiger partial charge on any atom is -0.494 e. The molecule has 1 saturated heterocycles. The van der Waals surface area contributed by atoms with Gasteiger partial charge in [0.1, 0.15) is 5.75 Å². The molecule has 1 N–H and O–H groups in total. The molecule has 1 aliphatic heterocycles. The molecule has 1 aromatic rings. The Morgan fingerprint density at radius 2 is 2.15 bits per heavy atom. The monoisotopic (exact) mass is 276 g/mol. The van der Waals surface area contributed by atoms with Gasteiger partial charge in [0.25, 0.3) is 0 Å². The third-order valence-corrected chi connectivity index (χ3v) is 3.27. The predicted molar refractivity (Wildman–Crippen MR) is 75.4 cm³/mol. The number of carbonyl (C=O) groups excluding carboxylic acids is 2. The molecule has 5 nitrogen and oxygen atoms in total. The Morgan fingerprint density at radius 3 is 2.80 bits per heavy atom. The third kappa shape index (κ3) is 4.26. The summed E-state index contributed by atoms with van der Waals surface area (Å²) in [6, 6.07) is 9.49. The molecule has 1 atom stereocenters. The number of carbonyl (C=O) groups is 2. The van der Waals surface area contributed by atoms with E-state index >= 15 is 0 Å². The van der Waals surface area contributed by atoms with Crippen LogP contribution in [0.3, 0.4) is 0 Å². The van der Waals surface area contributed by atoms with Crippen LogP contribution < -0.4 is 10.1 Å². The molecule has 1 heterocycles. The van der Waals surface area contributed by atoms with Crippen molar-refractivity contribution < 1.29 is 14.3 Å². The Labute approximate surface area is 118 Å². The van der Waals surface area contributed by atoms with E-state index in [4.69, 9.17) is 4.74 Å². The van der Waals surface area contributed by atoms with Crippen molar-refractivity contribution in [2.24, 2.45) is 0 Å². The summed E-state index contributed by atoms with van der Waals surface area (Å²) in [5.74, 6) is 0.883. The Bertz CT molecular complexity index is 461. The van der Waals surface area contributed by atoms with Crippen LogP contribution >= 0.6 is 0 Å². The van der Waals surface area contributed by atoms with E-state index in [1.807, 2.05) is 30.3 Å². The van der Waals surface area contributed by atoms with Crippen molar-refractivity contribution in [2.45, 2.75) is 25.3 Å². The highest BCUT2D eigenvalue weighted by Crippen LogP contribution is 2.10. The first-order chi connectivity index (χ1) is 9.65. The van der Waals surface area contributed by atoms with Gasteiger partial charge in [0.05, 0.1) is 12.6 Å². The van der Waals surface area contributed by atoms with Crippen molar-refractivity contribution in [1.82, 2.24) is 10.2 Å². The number of likely N-dealkylation sites (tertiary alicyclic amines) is 1. The van der Waals surface area contributed by atoms with Crippen LogP contribution in [-0.2, 0) is 9.59 Å². The Balaban J connectivity index is 1.60. The fourth-order valence-electron chi connectivity index (χ4n) is 2.20. The highest BCUT2D eigenvalue weighted by molar-refractivity contribution is 5.81. The van der Waals surface area contributed by atoms with Crippen molar-refractivity contribution in [2.75, 3.05) is 20.2 Å². The largest absolute Gasteiger partial charge is 0.494 e. The number of hydrogen-bond acceptors (Lipinski definition) is 3. The molecular formula is C15H20N2O3. The molecule has 1 aromatic carbocycles. The van der Waals surface area contributed by atoms with Gasteiger partial charge >= 0.3 is 0 Å². The summed E-state index contributed by atoms with van der Waals surface area (Å²) < 4.78 is 5.52. The highest BCUT2D eigenvalue weighted by atomic mass is 16.5. The summed E-state index contributed by atoms with van der Waals surface area (Å²) in [5.41, 5.74) is 0. The van der Waals surface area contributed by atoms with E-state index in [2.05, 4.69) is 5.32 Å². The van der Waals surface area contributed by atoms with Crippen LogP contribution in [0.4, 0.5) is 0 Å². The van der Waals surface area contributed by atoms with Gasteiger partial charge in [-0.2, -0.15) is 0 Å². The van der Waals surface area contributed by atoms with Gasteiger partial charge in [-0.25, -0.2) is 0 Å². The summed E-state index contributed by atoms with van der Waals surface area (Å²) >= 11 is 0. The molecule has 2 amide bonds. The van der Waals surface area contributed by atoms with Crippen molar-refractivity contribution in [3.63, 3.8) is 0 Å². The van der Waals surface area contributed by atoms with E-state index in [9.17, 15) is 9.59 Å². The number of amides is 2. The molecule has 0 aliphatic carbocycles. The fourth-order valence-corrected chi connectivity index (χ4v) is 2.20. The lowest BCUT2D eigenvalue weighted by Gasteiger charge is -2.12. The average molecular weight is 276 g/mol. The molecule has 108 valence electrons. The number of para-hydroxylation sites is 1. The zero-order valence-electron chi connectivity index (χ0n) is 11.7. The zero-order valence-corrected chi connectivity index (χ0v) is 11.7. The minimum atomic E-state index is -0.0463. The van der Waals surface area contributed by atoms with E-state index in [1.54, 1.807) is 11.9 Å². The molecule has 20 heavy (non-hydrogen) atoms. The summed E-state index contributed by atoms with van der Waals surface area (Å²) in [5, 5.41) is 2.88. The zero-order chi connectivity index (χ0) is 14.4.